The minimum absolute atomic E-state index is 0.256. The number of nitrogens with zero attached hydrogens (tertiary/aromatic N) is 1. The molecule has 1 aliphatic carbocycles. The summed E-state index contributed by atoms with van der Waals surface area (Å²) < 4.78 is 18.9. The summed E-state index contributed by atoms with van der Waals surface area (Å²) in [5.41, 5.74) is 0.504. The number of ether oxygens (including phenoxy) is 1. The first-order valence-electron chi connectivity index (χ1n) is 7.12. The molecular weight excluding hydrogens is 245 g/mol. The number of aromatic nitrogens is 1. The van der Waals surface area contributed by atoms with Crippen molar-refractivity contribution in [3.63, 3.8) is 0 Å². The first-order valence-corrected chi connectivity index (χ1v) is 7.12. The summed E-state index contributed by atoms with van der Waals surface area (Å²) in [4.78, 5) is 3.80. The summed E-state index contributed by atoms with van der Waals surface area (Å²) in [5, 5.41) is 10.5. The van der Waals surface area contributed by atoms with Crippen LogP contribution in [-0.4, -0.2) is 22.8 Å². The fourth-order valence-corrected chi connectivity index (χ4v) is 2.92. The molecule has 106 valence electrons. The Hall–Kier alpha value is -1.00. The monoisotopic (exact) mass is 267 g/mol. The van der Waals surface area contributed by atoms with E-state index in [-0.39, 0.29) is 6.10 Å². The molecule has 0 spiro atoms. The van der Waals surface area contributed by atoms with Crippen molar-refractivity contribution in [1.29, 1.82) is 0 Å². The van der Waals surface area contributed by atoms with E-state index in [9.17, 15) is 9.50 Å². The van der Waals surface area contributed by atoms with Crippen molar-refractivity contribution >= 4 is 0 Å². The molecule has 0 radical (unpaired) electrons. The van der Waals surface area contributed by atoms with Gasteiger partial charge in [0.2, 0.25) is 0 Å². The molecule has 0 aromatic carbocycles. The van der Waals surface area contributed by atoms with Crippen molar-refractivity contribution in [2.45, 2.75) is 51.2 Å². The van der Waals surface area contributed by atoms with Crippen molar-refractivity contribution in [3.05, 3.63) is 29.8 Å². The van der Waals surface area contributed by atoms with Crippen LogP contribution < -0.4 is 0 Å². The van der Waals surface area contributed by atoms with Gasteiger partial charge in [0.1, 0.15) is 11.9 Å². The molecule has 3 nitrogen and oxygen atoms in total. The molecule has 19 heavy (non-hydrogen) atoms. The molecule has 1 aromatic heterocycles. The number of aliphatic hydroxyl groups is 1. The molecule has 2 unspecified atom stereocenters. The second-order valence-electron chi connectivity index (χ2n) is 5.20. The predicted molar refractivity (Wildman–Crippen MR) is 71.1 cm³/mol. The third kappa shape index (κ3) is 3.74. The number of halogens is 1. The Morgan fingerprint density at radius 1 is 1.37 bits per heavy atom. The molecule has 0 aliphatic heterocycles. The highest BCUT2D eigenvalue weighted by Gasteiger charge is 2.31. The molecule has 4 heteroatoms. The second kappa shape index (κ2) is 6.96. The van der Waals surface area contributed by atoms with E-state index in [4.69, 9.17) is 4.74 Å². The number of rotatable bonds is 5. The van der Waals surface area contributed by atoms with Crippen molar-refractivity contribution < 1.29 is 14.2 Å². The first kappa shape index (κ1) is 14.4. The van der Waals surface area contributed by atoms with Gasteiger partial charge in [-0.1, -0.05) is 19.3 Å². The largest absolute Gasteiger partial charge is 0.386 e. The van der Waals surface area contributed by atoms with Crippen LogP contribution in [-0.2, 0) is 4.74 Å². The molecule has 2 rings (SSSR count). The van der Waals surface area contributed by atoms with Gasteiger partial charge in [-0.05, 0) is 31.7 Å². The maximum Gasteiger partial charge on any atom is 0.141 e. The Labute approximate surface area is 113 Å². The lowest BCUT2D eigenvalue weighted by Crippen LogP contribution is -2.32. The van der Waals surface area contributed by atoms with E-state index in [2.05, 4.69) is 4.98 Å². The smallest absolute Gasteiger partial charge is 0.141 e. The van der Waals surface area contributed by atoms with Crippen LogP contribution in [0.2, 0.25) is 0 Å². The molecule has 0 amide bonds. The number of hydrogen-bond donors (Lipinski definition) is 1. The van der Waals surface area contributed by atoms with E-state index in [0.29, 0.717) is 18.1 Å². The van der Waals surface area contributed by atoms with Gasteiger partial charge in [0.15, 0.2) is 0 Å². The number of aliphatic hydroxyl groups excluding tert-OH is 1. The number of pyridine rings is 1. The van der Waals surface area contributed by atoms with Crippen molar-refractivity contribution in [1.82, 2.24) is 4.98 Å². The topological polar surface area (TPSA) is 42.4 Å². The SMILES string of the molecule is CCOC(C1CCCCC1)C(O)c1cncc(F)c1. The second-order valence-corrected chi connectivity index (χ2v) is 5.20. The zero-order valence-corrected chi connectivity index (χ0v) is 11.4. The van der Waals surface area contributed by atoms with Crippen molar-refractivity contribution in [2.75, 3.05) is 6.61 Å². The zero-order chi connectivity index (χ0) is 13.7. The Kier molecular flexibility index (Phi) is 5.28. The quantitative estimate of drug-likeness (QED) is 0.890. The van der Waals surface area contributed by atoms with Crippen LogP contribution in [0.15, 0.2) is 18.5 Å². The molecule has 1 aliphatic rings. The first-order chi connectivity index (χ1) is 9.22. The van der Waals surface area contributed by atoms with Crippen LogP contribution in [0.3, 0.4) is 0 Å². The Bertz CT molecular complexity index is 393. The van der Waals surface area contributed by atoms with Gasteiger partial charge in [0, 0.05) is 18.4 Å². The summed E-state index contributed by atoms with van der Waals surface area (Å²) in [6.45, 7) is 2.48. The Morgan fingerprint density at radius 2 is 2.11 bits per heavy atom. The maximum atomic E-state index is 13.2. The highest BCUT2D eigenvalue weighted by molar-refractivity contribution is 5.15. The fourth-order valence-electron chi connectivity index (χ4n) is 2.92. The van der Waals surface area contributed by atoms with Gasteiger partial charge in [-0.3, -0.25) is 4.98 Å². The third-order valence-electron chi connectivity index (χ3n) is 3.85. The van der Waals surface area contributed by atoms with Gasteiger partial charge in [-0.2, -0.15) is 0 Å². The van der Waals surface area contributed by atoms with E-state index in [1.807, 2.05) is 6.92 Å². The van der Waals surface area contributed by atoms with Crippen molar-refractivity contribution in [2.24, 2.45) is 5.92 Å². The minimum Gasteiger partial charge on any atom is -0.386 e. The van der Waals surface area contributed by atoms with Crippen LogP contribution >= 0.6 is 0 Å². The van der Waals surface area contributed by atoms with E-state index in [1.165, 1.54) is 31.5 Å². The van der Waals surface area contributed by atoms with Gasteiger partial charge >= 0.3 is 0 Å². The van der Waals surface area contributed by atoms with Gasteiger partial charge in [0.25, 0.3) is 0 Å². The number of hydrogen-bond acceptors (Lipinski definition) is 3. The summed E-state index contributed by atoms with van der Waals surface area (Å²) in [7, 11) is 0. The molecule has 2 atom stereocenters. The molecule has 1 fully saturated rings. The van der Waals surface area contributed by atoms with Gasteiger partial charge in [0.05, 0.1) is 12.3 Å². The highest BCUT2D eigenvalue weighted by Crippen LogP contribution is 2.34. The van der Waals surface area contributed by atoms with Crippen LogP contribution in [0, 0.1) is 11.7 Å². The summed E-state index contributed by atoms with van der Waals surface area (Å²) in [5.74, 6) is -0.0672. The lowest BCUT2D eigenvalue weighted by molar-refractivity contribution is -0.0741. The van der Waals surface area contributed by atoms with Crippen LogP contribution in [0.4, 0.5) is 4.39 Å². The highest BCUT2D eigenvalue weighted by atomic mass is 19.1. The minimum atomic E-state index is -0.800. The van der Waals surface area contributed by atoms with Gasteiger partial charge in [-0.15, -0.1) is 0 Å². The van der Waals surface area contributed by atoms with Gasteiger partial charge < -0.3 is 9.84 Å². The summed E-state index contributed by atoms with van der Waals surface area (Å²) in [6, 6.07) is 1.34. The normalized spacial score (nSPS) is 20.2. The van der Waals surface area contributed by atoms with E-state index >= 15 is 0 Å². The third-order valence-corrected chi connectivity index (χ3v) is 3.85. The molecule has 1 aromatic rings. The lowest BCUT2D eigenvalue weighted by atomic mass is 9.82. The zero-order valence-electron chi connectivity index (χ0n) is 11.4. The van der Waals surface area contributed by atoms with Crippen LogP contribution in [0.1, 0.15) is 50.7 Å². The standard InChI is InChI=1S/C15H22FNO2/c1-2-19-15(11-6-4-3-5-7-11)14(18)12-8-13(16)10-17-9-12/h8-11,14-15,18H,2-7H2,1H3. The maximum absolute atomic E-state index is 13.2. The molecule has 0 saturated heterocycles. The summed E-state index contributed by atoms with van der Waals surface area (Å²) in [6.07, 6.45) is 7.38. The van der Waals surface area contributed by atoms with Crippen LogP contribution in [0.25, 0.3) is 0 Å². The Balaban J connectivity index is 2.12. The summed E-state index contributed by atoms with van der Waals surface area (Å²) >= 11 is 0. The Morgan fingerprint density at radius 3 is 2.74 bits per heavy atom. The molecule has 1 N–H and O–H groups in total. The van der Waals surface area contributed by atoms with E-state index < -0.39 is 11.9 Å². The van der Waals surface area contributed by atoms with Crippen molar-refractivity contribution in [3.8, 4) is 0 Å². The van der Waals surface area contributed by atoms with E-state index in [0.717, 1.165) is 19.0 Å². The van der Waals surface area contributed by atoms with Gasteiger partial charge in [-0.25, -0.2) is 4.39 Å². The molecular formula is C15H22FNO2. The van der Waals surface area contributed by atoms with Crippen LogP contribution in [0.5, 0.6) is 0 Å². The molecule has 1 saturated carbocycles. The average Bonchev–Trinajstić information content (AvgIpc) is 2.45. The average molecular weight is 267 g/mol. The fraction of sp³-hybridized carbons (Fsp3) is 0.667. The molecule has 0 bridgehead atoms. The molecule has 1 heterocycles. The lowest BCUT2D eigenvalue weighted by Gasteiger charge is -2.33. The van der Waals surface area contributed by atoms with E-state index in [1.54, 1.807) is 0 Å². The predicted octanol–water partition coefficient (Wildman–Crippen LogP) is 3.24.